The van der Waals surface area contributed by atoms with Crippen LogP contribution in [0, 0.1) is 0 Å². The van der Waals surface area contributed by atoms with E-state index in [9.17, 15) is 4.79 Å². The molecule has 1 unspecified atom stereocenters. The van der Waals surface area contributed by atoms with E-state index in [1.807, 2.05) is 4.90 Å². The molecule has 0 aromatic carbocycles. The van der Waals surface area contributed by atoms with Gasteiger partial charge < -0.3 is 10.8 Å². The van der Waals surface area contributed by atoms with Crippen LogP contribution in [0.3, 0.4) is 0 Å². The average molecular weight is 205 g/mol. The molecule has 13 heavy (non-hydrogen) atoms. The van der Waals surface area contributed by atoms with Crippen molar-refractivity contribution in [3.63, 3.8) is 0 Å². The van der Waals surface area contributed by atoms with Gasteiger partial charge in [0, 0.05) is 24.7 Å². The van der Waals surface area contributed by atoms with Crippen LogP contribution in [0.2, 0.25) is 0 Å². The minimum Gasteiger partial charge on any atom is -0.480 e. The van der Waals surface area contributed by atoms with Gasteiger partial charge in [-0.2, -0.15) is 0 Å². The summed E-state index contributed by atoms with van der Waals surface area (Å²) >= 11 is 5.61. The van der Waals surface area contributed by atoms with E-state index in [1.165, 1.54) is 0 Å². The molecule has 1 saturated heterocycles. The first kappa shape index (κ1) is 10.5. The van der Waals surface area contributed by atoms with Crippen LogP contribution in [-0.4, -0.2) is 41.1 Å². The number of likely N-dealkylation sites (tertiary alicyclic amines) is 1. The van der Waals surface area contributed by atoms with Gasteiger partial charge in [0.2, 0.25) is 0 Å². The number of nitrogens with zero attached hydrogens (tertiary/aromatic N) is 1. The van der Waals surface area contributed by atoms with Crippen LogP contribution in [0.25, 0.3) is 0 Å². The Bertz CT molecular complexity index is 244. The highest BCUT2D eigenvalue weighted by molar-refractivity contribution is 6.29. The summed E-state index contributed by atoms with van der Waals surface area (Å²) in [6.07, 6.45) is 0.465. The van der Waals surface area contributed by atoms with Crippen molar-refractivity contribution in [1.82, 2.24) is 4.90 Å². The molecule has 0 radical (unpaired) electrons. The molecule has 1 rings (SSSR count). The number of carbonyl (C=O) groups is 1. The zero-order chi connectivity index (χ0) is 10.1. The topological polar surface area (TPSA) is 66.6 Å². The van der Waals surface area contributed by atoms with E-state index in [0.29, 0.717) is 31.1 Å². The molecule has 1 aliphatic heterocycles. The molecule has 4 nitrogen and oxygen atoms in total. The second-order valence-electron chi connectivity index (χ2n) is 3.44. The van der Waals surface area contributed by atoms with Crippen LogP contribution in [-0.2, 0) is 4.79 Å². The van der Waals surface area contributed by atoms with Gasteiger partial charge in [-0.05, 0) is 6.42 Å². The van der Waals surface area contributed by atoms with E-state index < -0.39 is 11.5 Å². The van der Waals surface area contributed by atoms with Gasteiger partial charge >= 0.3 is 5.97 Å². The maximum Gasteiger partial charge on any atom is 0.325 e. The molecule has 1 heterocycles. The fraction of sp³-hybridized carbons (Fsp3) is 0.625. The lowest BCUT2D eigenvalue weighted by molar-refractivity contribution is -0.142. The number of carboxylic acid groups (broad SMARTS) is 1. The quantitative estimate of drug-likeness (QED) is 0.691. The first-order chi connectivity index (χ1) is 5.94. The number of hydrogen-bond donors (Lipinski definition) is 2. The standard InChI is InChI=1S/C8H13ClN2O2/c1-6(9)4-11-3-2-8(10,5-11)7(12)13/h1-5,10H2,(H,12,13). The number of aliphatic carboxylic acids is 1. The summed E-state index contributed by atoms with van der Waals surface area (Å²) in [6, 6.07) is 0. The Hall–Kier alpha value is -0.580. The summed E-state index contributed by atoms with van der Waals surface area (Å²) in [7, 11) is 0. The molecule has 0 amide bonds. The zero-order valence-corrected chi connectivity index (χ0v) is 8.05. The van der Waals surface area contributed by atoms with E-state index in [-0.39, 0.29) is 0 Å². The molecule has 0 saturated carbocycles. The van der Waals surface area contributed by atoms with E-state index in [4.69, 9.17) is 22.4 Å². The molecule has 5 heteroatoms. The second-order valence-corrected chi connectivity index (χ2v) is 3.97. The van der Waals surface area contributed by atoms with Crippen molar-refractivity contribution in [2.24, 2.45) is 5.73 Å². The van der Waals surface area contributed by atoms with E-state index in [0.717, 1.165) is 0 Å². The number of rotatable bonds is 3. The van der Waals surface area contributed by atoms with Crippen LogP contribution in [0.15, 0.2) is 11.6 Å². The van der Waals surface area contributed by atoms with Crippen LogP contribution < -0.4 is 5.73 Å². The zero-order valence-electron chi connectivity index (χ0n) is 7.29. The molecule has 1 fully saturated rings. The lowest BCUT2D eigenvalue weighted by Gasteiger charge is -2.19. The molecule has 1 atom stereocenters. The van der Waals surface area contributed by atoms with E-state index in [1.54, 1.807) is 0 Å². The number of carboxylic acids is 1. The van der Waals surface area contributed by atoms with Crippen molar-refractivity contribution in [3.05, 3.63) is 11.6 Å². The fourth-order valence-electron chi connectivity index (χ4n) is 1.47. The molecule has 0 bridgehead atoms. The van der Waals surface area contributed by atoms with Crippen molar-refractivity contribution in [2.75, 3.05) is 19.6 Å². The van der Waals surface area contributed by atoms with Gasteiger partial charge in [-0.25, -0.2) is 0 Å². The fourth-order valence-corrected chi connectivity index (χ4v) is 1.64. The van der Waals surface area contributed by atoms with Gasteiger partial charge in [0.05, 0.1) is 0 Å². The largest absolute Gasteiger partial charge is 0.480 e. The Labute approximate surface area is 82.0 Å². The van der Waals surface area contributed by atoms with Gasteiger partial charge in [-0.15, -0.1) is 0 Å². The third kappa shape index (κ3) is 2.43. The third-order valence-electron chi connectivity index (χ3n) is 2.20. The normalized spacial score (nSPS) is 29.1. The second kappa shape index (κ2) is 3.65. The van der Waals surface area contributed by atoms with Crippen molar-refractivity contribution < 1.29 is 9.90 Å². The van der Waals surface area contributed by atoms with Gasteiger partial charge in [0.1, 0.15) is 5.54 Å². The highest BCUT2D eigenvalue weighted by Gasteiger charge is 2.40. The van der Waals surface area contributed by atoms with E-state index in [2.05, 4.69) is 6.58 Å². The van der Waals surface area contributed by atoms with Crippen LogP contribution in [0.1, 0.15) is 6.42 Å². The average Bonchev–Trinajstić information content (AvgIpc) is 2.32. The first-order valence-electron chi connectivity index (χ1n) is 4.02. The van der Waals surface area contributed by atoms with Gasteiger partial charge in [-0.3, -0.25) is 9.69 Å². The Balaban J connectivity index is 2.53. The Kier molecular flexibility index (Phi) is 2.95. The number of halogens is 1. The molecule has 3 N–H and O–H groups in total. The molecule has 0 aromatic rings. The minimum absolute atomic E-state index is 0.341. The van der Waals surface area contributed by atoms with Gasteiger partial charge in [-0.1, -0.05) is 18.2 Å². The smallest absolute Gasteiger partial charge is 0.325 e. The first-order valence-corrected chi connectivity index (χ1v) is 4.40. The SMILES string of the molecule is C=C(Cl)CN1CCC(N)(C(=O)O)C1. The van der Waals surface area contributed by atoms with Gasteiger partial charge in [0.25, 0.3) is 0 Å². The summed E-state index contributed by atoms with van der Waals surface area (Å²) in [5, 5.41) is 9.33. The highest BCUT2D eigenvalue weighted by Crippen LogP contribution is 2.20. The number of hydrogen-bond acceptors (Lipinski definition) is 3. The summed E-state index contributed by atoms with van der Waals surface area (Å²) in [6.45, 7) is 5.06. The predicted octanol–water partition coefficient (Wildman–Crippen LogP) is 0.227. The van der Waals surface area contributed by atoms with Crippen LogP contribution >= 0.6 is 11.6 Å². The molecular formula is C8H13ClN2O2. The predicted molar refractivity (Wildman–Crippen MR) is 50.6 cm³/mol. The molecule has 0 aliphatic carbocycles. The molecular weight excluding hydrogens is 192 g/mol. The summed E-state index contributed by atoms with van der Waals surface area (Å²) in [5.74, 6) is -0.949. The Morgan fingerprint density at radius 2 is 2.38 bits per heavy atom. The van der Waals surface area contributed by atoms with E-state index >= 15 is 0 Å². The van der Waals surface area contributed by atoms with Crippen molar-refractivity contribution in [3.8, 4) is 0 Å². The summed E-state index contributed by atoms with van der Waals surface area (Å²) in [4.78, 5) is 12.6. The molecule has 74 valence electrons. The van der Waals surface area contributed by atoms with Crippen LogP contribution in [0.4, 0.5) is 0 Å². The monoisotopic (exact) mass is 204 g/mol. The number of nitrogens with two attached hydrogens (primary N) is 1. The third-order valence-corrected chi connectivity index (χ3v) is 2.32. The Morgan fingerprint density at radius 3 is 2.77 bits per heavy atom. The summed E-state index contributed by atoms with van der Waals surface area (Å²) in [5.41, 5.74) is 4.55. The Morgan fingerprint density at radius 1 is 1.77 bits per heavy atom. The maximum absolute atomic E-state index is 10.7. The highest BCUT2D eigenvalue weighted by atomic mass is 35.5. The van der Waals surface area contributed by atoms with Crippen LogP contribution in [0.5, 0.6) is 0 Å². The molecule has 0 aromatic heterocycles. The van der Waals surface area contributed by atoms with Gasteiger partial charge in [0.15, 0.2) is 0 Å². The van der Waals surface area contributed by atoms with Crippen molar-refractivity contribution >= 4 is 17.6 Å². The maximum atomic E-state index is 10.7. The lowest BCUT2D eigenvalue weighted by atomic mass is 10.0. The van der Waals surface area contributed by atoms with Crippen molar-refractivity contribution in [2.45, 2.75) is 12.0 Å². The lowest BCUT2D eigenvalue weighted by Crippen LogP contribution is -2.50. The summed E-state index contributed by atoms with van der Waals surface area (Å²) < 4.78 is 0. The minimum atomic E-state index is -1.10. The van der Waals surface area contributed by atoms with Crippen molar-refractivity contribution in [1.29, 1.82) is 0 Å². The molecule has 0 spiro atoms. The molecule has 1 aliphatic rings.